The third-order valence-corrected chi connectivity index (χ3v) is 7.34. The van der Waals surface area contributed by atoms with Crippen molar-refractivity contribution in [2.24, 2.45) is 17.8 Å². The number of carbonyl (C=O) groups excluding carboxylic acids is 3. The molecule has 0 aliphatic rings. The summed E-state index contributed by atoms with van der Waals surface area (Å²) in [6.07, 6.45) is 5.18. The van der Waals surface area contributed by atoms with Gasteiger partial charge in [0.2, 0.25) is 17.7 Å². The summed E-state index contributed by atoms with van der Waals surface area (Å²) in [6.45, 7) is 10.9. The fourth-order valence-electron chi connectivity index (χ4n) is 4.44. The standard InChI is InChI=1S/C29H50N4O4/c1-9-20(2)12-10-13-21(3)27(37-8)22(4)29(36)33(7)17-16-24-14-11-15-25(18-24)32-26(34)19-31-28(35)23(5)30-6/h11,14-15,18,20-23,27,30H,9-10,12-13,16-17,19H2,1-8H3,(H,31,35)(H,32,34). The normalized spacial score (nSPS) is 15.2. The zero-order chi connectivity index (χ0) is 28.0. The first-order chi connectivity index (χ1) is 17.5. The van der Waals surface area contributed by atoms with Crippen molar-refractivity contribution >= 4 is 23.4 Å². The molecule has 0 radical (unpaired) electrons. The molecule has 1 aromatic carbocycles. The third kappa shape index (κ3) is 11.6. The summed E-state index contributed by atoms with van der Waals surface area (Å²) in [5.41, 5.74) is 1.67. The third-order valence-electron chi connectivity index (χ3n) is 7.34. The van der Waals surface area contributed by atoms with Crippen molar-refractivity contribution in [3.63, 3.8) is 0 Å². The Bertz CT molecular complexity index is 847. The molecule has 0 aliphatic heterocycles. The second-order valence-electron chi connectivity index (χ2n) is 10.4. The van der Waals surface area contributed by atoms with Crippen LogP contribution in [0.5, 0.6) is 0 Å². The summed E-state index contributed by atoms with van der Waals surface area (Å²) in [7, 11) is 5.22. The van der Waals surface area contributed by atoms with Crippen molar-refractivity contribution in [1.82, 2.24) is 15.5 Å². The second kappa shape index (κ2) is 17.1. The number of amides is 3. The van der Waals surface area contributed by atoms with Gasteiger partial charge in [-0.1, -0.05) is 59.1 Å². The molecule has 210 valence electrons. The van der Waals surface area contributed by atoms with E-state index in [1.807, 2.05) is 38.2 Å². The van der Waals surface area contributed by atoms with Gasteiger partial charge in [-0.2, -0.15) is 0 Å². The summed E-state index contributed by atoms with van der Waals surface area (Å²) >= 11 is 0. The average molecular weight is 519 g/mol. The number of methoxy groups -OCH3 is 1. The summed E-state index contributed by atoms with van der Waals surface area (Å²) in [5.74, 6) is 0.381. The summed E-state index contributed by atoms with van der Waals surface area (Å²) in [6, 6.07) is 7.19. The van der Waals surface area contributed by atoms with Crippen LogP contribution in [0.15, 0.2) is 24.3 Å². The summed E-state index contributed by atoms with van der Waals surface area (Å²) in [4.78, 5) is 39.0. The van der Waals surface area contributed by atoms with Crippen LogP contribution >= 0.6 is 0 Å². The maximum atomic E-state index is 13.2. The molecule has 0 aromatic heterocycles. The number of hydrogen-bond acceptors (Lipinski definition) is 5. The molecule has 37 heavy (non-hydrogen) atoms. The van der Waals surface area contributed by atoms with Gasteiger partial charge in [0, 0.05) is 26.4 Å². The quantitative estimate of drug-likeness (QED) is 0.291. The van der Waals surface area contributed by atoms with E-state index >= 15 is 0 Å². The van der Waals surface area contributed by atoms with Gasteiger partial charge in [0.05, 0.1) is 24.6 Å². The fraction of sp³-hybridized carbons (Fsp3) is 0.690. The number of nitrogens with zero attached hydrogens (tertiary/aromatic N) is 1. The fourth-order valence-corrected chi connectivity index (χ4v) is 4.44. The first-order valence-corrected chi connectivity index (χ1v) is 13.6. The molecule has 0 bridgehead atoms. The first-order valence-electron chi connectivity index (χ1n) is 13.6. The predicted molar refractivity (Wildman–Crippen MR) is 150 cm³/mol. The van der Waals surface area contributed by atoms with Crippen LogP contribution in [0.25, 0.3) is 0 Å². The maximum Gasteiger partial charge on any atom is 0.243 e. The van der Waals surface area contributed by atoms with Crippen LogP contribution in [0.3, 0.4) is 0 Å². The number of nitrogens with one attached hydrogen (secondary N) is 3. The Morgan fingerprint density at radius 1 is 1.08 bits per heavy atom. The van der Waals surface area contributed by atoms with Gasteiger partial charge in [-0.25, -0.2) is 0 Å². The van der Waals surface area contributed by atoms with Gasteiger partial charge in [0.15, 0.2) is 0 Å². The Morgan fingerprint density at radius 3 is 2.41 bits per heavy atom. The number of rotatable bonds is 17. The van der Waals surface area contributed by atoms with E-state index < -0.39 is 0 Å². The summed E-state index contributed by atoms with van der Waals surface area (Å²) < 4.78 is 5.78. The van der Waals surface area contributed by atoms with Crippen LogP contribution in [-0.2, 0) is 25.5 Å². The van der Waals surface area contributed by atoms with Gasteiger partial charge in [0.1, 0.15) is 0 Å². The molecule has 1 aromatic rings. The van der Waals surface area contributed by atoms with Gasteiger partial charge in [-0.05, 0) is 56.3 Å². The van der Waals surface area contributed by atoms with Crippen molar-refractivity contribution in [3.05, 3.63) is 29.8 Å². The zero-order valence-corrected chi connectivity index (χ0v) is 24.2. The lowest BCUT2D eigenvalue weighted by atomic mass is 9.87. The molecule has 3 N–H and O–H groups in total. The number of ether oxygens (including phenoxy) is 1. The van der Waals surface area contributed by atoms with Crippen molar-refractivity contribution in [3.8, 4) is 0 Å². The maximum absolute atomic E-state index is 13.2. The van der Waals surface area contributed by atoms with Gasteiger partial charge in [-0.15, -0.1) is 0 Å². The van der Waals surface area contributed by atoms with E-state index in [-0.39, 0.29) is 42.3 Å². The molecule has 8 nitrogen and oxygen atoms in total. The highest BCUT2D eigenvalue weighted by atomic mass is 16.5. The van der Waals surface area contributed by atoms with Crippen molar-refractivity contribution < 1.29 is 19.1 Å². The molecule has 5 atom stereocenters. The Hall–Kier alpha value is -2.45. The van der Waals surface area contributed by atoms with Crippen LogP contribution in [0.1, 0.15) is 65.9 Å². The van der Waals surface area contributed by atoms with Crippen molar-refractivity contribution in [2.75, 3.05) is 39.6 Å². The first kappa shape index (κ1) is 32.6. The van der Waals surface area contributed by atoms with E-state index in [4.69, 9.17) is 4.74 Å². The highest BCUT2D eigenvalue weighted by Crippen LogP contribution is 2.24. The van der Waals surface area contributed by atoms with Gasteiger partial charge in [-0.3, -0.25) is 14.4 Å². The van der Waals surface area contributed by atoms with E-state index in [0.29, 0.717) is 24.6 Å². The minimum atomic E-state index is -0.365. The number of hydrogen-bond donors (Lipinski definition) is 3. The Labute approximate surface area is 224 Å². The topological polar surface area (TPSA) is 99.8 Å². The zero-order valence-electron chi connectivity index (χ0n) is 24.2. The lowest BCUT2D eigenvalue weighted by Crippen LogP contribution is -2.43. The molecule has 0 heterocycles. The molecule has 0 spiro atoms. The minimum Gasteiger partial charge on any atom is -0.380 e. The Balaban J connectivity index is 2.59. The van der Waals surface area contributed by atoms with Crippen LogP contribution < -0.4 is 16.0 Å². The van der Waals surface area contributed by atoms with Gasteiger partial charge in [0.25, 0.3) is 0 Å². The minimum absolute atomic E-state index is 0.0802. The van der Waals surface area contributed by atoms with Gasteiger partial charge < -0.3 is 25.6 Å². The largest absolute Gasteiger partial charge is 0.380 e. The molecule has 8 heteroatoms. The molecule has 0 saturated heterocycles. The van der Waals surface area contributed by atoms with E-state index in [1.165, 1.54) is 12.8 Å². The van der Waals surface area contributed by atoms with E-state index in [9.17, 15) is 14.4 Å². The number of likely N-dealkylation sites (N-methyl/N-ethyl adjacent to an activating group) is 2. The van der Waals surface area contributed by atoms with Crippen molar-refractivity contribution in [2.45, 2.75) is 78.9 Å². The molecular formula is C29H50N4O4. The van der Waals surface area contributed by atoms with E-state index in [1.54, 1.807) is 26.0 Å². The highest BCUT2D eigenvalue weighted by molar-refractivity contribution is 5.95. The molecular weight excluding hydrogens is 468 g/mol. The van der Waals surface area contributed by atoms with E-state index in [2.05, 4.69) is 36.7 Å². The van der Waals surface area contributed by atoms with Crippen LogP contribution in [0, 0.1) is 17.8 Å². The van der Waals surface area contributed by atoms with Crippen molar-refractivity contribution in [1.29, 1.82) is 0 Å². The monoisotopic (exact) mass is 518 g/mol. The van der Waals surface area contributed by atoms with Crippen LogP contribution in [0.4, 0.5) is 5.69 Å². The second-order valence-corrected chi connectivity index (χ2v) is 10.4. The van der Waals surface area contributed by atoms with Crippen LogP contribution in [0.2, 0.25) is 0 Å². The number of anilines is 1. The van der Waals surface area contributed by atoms with Gasteiger partial charge >= 0.3 is 0 Å². The Kier molecular flexibility index (Phi) is 15.1. The molecule has 0 fully saturated rings. The molecule has 0 aliphatic carbocycles. The van der Waals surface area contributed by atoms with E-state index in [0.717, 1.165) is 24.3 Å². The molecule has 0 saturated carbocycles. The smallest absolute Gasteiger partial charge is 0.243 e. The predicted octanol–water partition coefficient (Wildman–Crippen LogP) is 3.85. The summed E-state index contributed by atoms with van der Waals surface area (Å²) in [5, 5.41) is 8.25. The average Bonchev–Trinajstić information content (AvgIpc) is 2.89. The number of carbonyl (C=O) groups is 3. The van der Waals surface area contributed by atoms with Crippen LogP contribution in [-0.4, -0.2) is 69.1 Å². The number of benzene rings is 1. The SMILES string of the molecule is CCC(C)CCCC(C)C(OC)C(C)C(=O)N(C)CCc1cccc(NC(=O)CNC(=O)C(C)NC)c1. The highest BCUT2D eigenvalue weighted by Gasteiger charge is 2.30. The Morgan fingerprint density at radius 2 is 1.78 bits per heavy atom. The lowest BCUT2D eigenvalue weighted by molar-refractivity contribution is -0.139. The lowest BCUT2D eigenvalue weighted by Gasteiger charge is -2.31. The molecule has 1 rings (SSSR count). The molecule has 3 amide bonds. The molecule has 5 unspecified atom stereocenters.